The van der Waals surface area contributed by atoms with E-state index >= 15 is 0 Å². The summed E-state index contributed by atoms with van der Waals surface area (Å²) < 4.78 is 12.9. The lowest BCUT2D eigenvalue weighted by molar-refractivity contribution is -0.124. The number of amides is 2. The van der Waals surface area contributed by atoms with Gasteiger partial charge >= 0.3 is 6.03 Å². The van der Waals surface area contributed by atoms with Crippen molar-refractivity contribution in [3.05, 3.63) is 12.4 Å². The molecule has 0 radical (unpaired) electrons. The molecule has 1 aromatic rings. The van der Waals surface area contributed by atoms with Gasteiger partial charge in [0.15, 0.2) is 0 Å². The quantitative estimate of drug-likeness (QED) is 0.803. The molecule has 0 unspecified atom stereocenters. The highest BCUT2D eigenvalue weighted by molar-refractivity contribution is 5.88. The maximum absolute atomic E-state index is 12.2. The maximum Gasteiger partial charge on any atom is 0.319 e. The molecule has 1 saturated carbocycles. The van der Waals surface area contributed by atoms with E-state index in [0.717, 1.165) is 45.8 Å². The molecule has 8 heteroatoms. The Labute approximate surface area is 142 Å². The lowest BCUT2D eigenvalue weighted by atomic mass is 9.72. The minimum Gasteiger partial charge on any atom is -0.379 e. The van der Waals surface area contributed by atoms with Gasteiger partial charge in [0.25, 0.3) is 0 Å². The van der Waals surface area contributed by atoms with E-state index in [0.29, 0.717) is 18.3 Å². The van der Waals surface area contributed by atoms with Crippen LogP contribution in [0, 0.1) is 0 Å². The molecular weight excluding hydrogens is 310 g/mol. The summed E-state index contributed by atoms with van der Waals surface area (Å²) in [5.74, 6) is 0. The number of aryl methyl sites for hydroxylation is 1. The van der Waals surface area contributed by atoms with Gasteiger partial charge in [0, 0.05) is 45.0 Å². The molecule has 134 valence electrons. The molecule has 1 saturated heterocycles. The van der Waals surface area contributed by atoms with Crippen LogP contribution in [-0.2, 0) is 16.5 Å². The van der Waals surface area contributed by atoms with E-state index in [1.54, 1.807) is 17.1 Å². The molecule has 0 atom stereocenters. The van der Waals surface area contributed by atoms with Crippen LogP contribution in [-0.4, -0.2) is 71.8 Å². The van der Waals surface area contributed by atoms with Gasteiger partial charge in [-0.2, -0.15) is 5.10 Å². The average Bonchev–Trinajstić information content (AvgIpc) is 2.95. The second-order valence-electron chi connectivity index (χ2n) is 6.52. The van der Waals surface area contributed by atoms with Crippen molar-refractivity contribution in [3.63, 3.8) is 0 Å². The summed E-state index contributed by atoms with van der Waals surface area (Å²) in [6, 6.07) is -0.199. The zero-order valence-electron chi connectivity index (χ0n) is 14.5. The van der Waals surface area contributed by atoms with Crippen molar-refractivity contribution in [2.75, 3.05) is 44.8 Å². The number of aromatic nitrogens is 2. The zero-order chi connectivity index (χ0) is 17.0. The largest absolute Gasteiger partial charge is 0.379 e. The summed E-state index contributed by atoms with van der Waals surface area (Å²) in [5.41, 5.74) is 0.673. The van der Waals surface area contributed by atoms with Crippen molar-refractivity contribution >= 4 is 11.7 Å². The highest BCUT2D eigenvalue weighted by atomic mass is 16.5. The van der Waals surface area contributed by atoms with Crippen LogP contribution in [0.15, 0.2) is 12.4 Å². The molecular formula is C16H27N5O3. The smallest absolute Gasteiger partial charge is 0.319 e. The number of urea groups is 1. The highest BCUT2D eigenvalue weighted by Crippen LogP contribution is 2.39. The van der Waals surface area contributed by atoms with Gasteiger partial charge in [-0.3, -0.25) is 9.58 Å². The average molecular weight is 337 g/mol. The predicted octanol–water partition coefficient (Wildman–Crippen LogP) is 0.812. The van der Waals surface area contributed by atoms with E-state index in [4.69, 9.17) is 9.47 Å². The van der Waals surface area contributed by atoms with E-state index in [-0.39, 0.29) is 11.6 Å². The normalized spacial score (nSPS) is 27.5. The molecule has 1 aromatic heterocycles. The SMILES string of the molecule is CCOC1CC(CNC(=O)Nc2cnn(C)c2)(N2CCOCC2)C1. The van der Waals surface area contributed by atoms with Crippen LogP contribution in [0.1, 0.15) is 19.8 Å². The number of carbonyl (C=O) groups is 1. The number of nitrogens with zero attached hydrogens (tertiary/aromatic N) is 3. The highest BCUT2D eigenvalue weighted by Gasteiger charge is 2.49. The van der Waals surface area contributed by atoms with Crippen molar-refractivity contribution in [2.45, 2.75) is 31.4 Å². The minimum absolute atomic E-state index is 0.0180. The van der Waals surface area contributed by atoms with E-state index in [9.17, 15) is 4.79 Å². The lowest BCUT2D eigenvalue weighted by Crippen LogP contribution is -2.67. The third-order valence-corrected chi connectivity index (χ3v) is 4.84. The van der Waals surface area contributed by atoms with Gasteiger partial charge in [-0.15, -0.1) is 0 Å². The number of hydrogen-bond donors (Lipinski definition) is 2. The van der Waals surface area contributed by atoms with E-state index in [1.807, 2.05) is 14.0 Å². The fraction of sp³-hybridized carbons (Fsp3) is 0.750. The second-order valence-corrected chi connectivity index (χ2v) is 6.52. The number of anilines is 1. The number of hydrogen-bond acceptors (Lipinski definition) is 5. The molecule has 24 heavy (non-hydrogen) atoms. The van der Waals surface area contributed by atoms with Crippen molar-refractivity contribution in [3.8, 4) is 0 Å². The number of ether oxygens (including phenoxy) is 2. The first kappa shape index (κ1) is 17.2. The summed E-state index contributed by atoms with van der Waals surface area (Å²) in [7, 11) is 1.82. The number of morpholine rings is 1. The second kappa shape index (κ2) is 7.50. The van der Waals surface area contributed by atoms with Gasteiger partial charge in [-0.25, -0.2) is 4.79 Å². The lowest BCUT2D eigenvalue weighted by Gasteiger charge is -2.55. The van der Waals surface area contributed by atoms with Crippen LogP contribution in [0.3, 0.4) is 0 Å². The molecule has 0 spiro atoms. The molecule has 1 aliphatic carbocycles. The first-order valence-corrected chi connectivity index (χ1v) is 8.59. The third-order valence-electron chi connectivity index (χ3n) is 4.84. The third kappa shape index (κ3) is 3.88. The Bertz CT molecular complexity index is 550. The van der Waals surface area contributed by atoms with Gasteiger partial charge in [0.2, 0.25) is 0 Å². The molecule has 1 aliphatic heterocycles. The Balaban J connectivity index is 1.55. The Morgan fingerprint density at radius 3 is 2.83 bits per heavy atom. The number of carbonyl (C=O) groups excluding carboxylic acids is 1. The van der Waals surface area contributed by atoms with E-state index in [1.165, 1.54) is 0 Å². The van der Waals surface area contributed by atoms with Crippen molar-refractivity contribution in [1.29, 1.82) is 0 Å². The fourth-order valence-electron chi connectivity index (χ4n) is 3.60. The van der Waals surface area contributed by atoms with Crippen LogP contribution < -0.4 is 10.6 Å². The molecule has 3 rings (SSSR count). The standard InChI is InChI=1S/C16H27N5O3/c1-3-24-14-8-16(9-14,21-4-6-23-7-5-21)12-17-15(22)19-13-10-18-20(2)11-13/h10-11,14H,3-9,12H2,1-2H3,(H2,17,19,22). The van der Waals surface area contributed by atoms with Crippen LogP contribution >= 0.6 is 0 Å². The first-order valence-electron chi connectivity index (χ1n) is 8.59. The Morgan fingerprint density at radius 1 is 1.46 bits per heavy atom. The van der Waals surface area contributed by atoms with Gasteiger partial charge < -0.3 is 20.1 Å². The van der Waals surface area contributed by atoms with Crippen molar-refractivity contribution in [2.24, 2.45) is 7.05 Å². The van der Waals surface area contributed by atoms with Crippen molar-refractivity contribution in [1.82, 2.24) is 20.0 Å². The molecule has 2 amide bonds. The first-order chi connectivity index (χ1) is 11.6. The van der Waals surface area contributed by atoms with Crippen LogP contribution in [0.25, 0.3) is 0 Å². The maximum atomic E-state index is 12.2. The topological polar surface area (TPSA) is 80.7 Å². The molecule has 0 bridgehead atoms. The zero-order valence-corrected chi connectivity index (χ0v) is 14.5. The molecule has 8 nitrogen and oxygen atoms in total. The molecule has 2 N–H and O–H groups in total. The number of nitrogens with one attached hydrogen (secondary N) is 2. The number of rotatable bonds is 6. The van der Waals surface area contributed by atoms with E-state index < -0.39 is 0 Å². The molecule has 2 heterocycles. The monoisotopic (exact) mass is 337 g/mol. The molecule has 2 aliphatic rings. The summed E-state index contributed by atoms with van der Waals surface area (Å²) in [6.45, 7) is 6.69. The minimum atomic E-state index is -0.199. The summed E-state index contributed by atoms with van der Waals surface area (Å²) >= 11 is 0. The van der Waals surface area contributed by atoms with Crippen LogP contribution in [0.4, 0.5) is 10.5 Å². The van der Waals surface area contributed by atoms with Crippen LogP contribution in [0.2, 0.25) is 0 Å². The Hall–Kier alpha value is -1.64. The molecule has 2 fully saturated rings. The van der Waals surface area contributed by atoms with Gasteiger partial charge in [0.05, 0.1) is 31.2 Å². The van der Waals surface area contributed by atoms with Crippen molar-refractivity contribution < 1.29 is 14.3 Å². The fourth-order valence-corrected chi connectivity index (χ4v) is 3.60. The molecule has 0 aromatic carbocycles. The predicted molar refractivity (Wildman–Crippen MR) is 90.0 cm³/mol. The summed E-state index contributed by atoms with van der Waals surface area (Å²) in [5, 5.41) is 9.88. The van der Waals surface area contributed by atoms with Crippen LogP contribution in [0.5, 0.6) is 0 Å². The van der Waals surface area contributed by atoms with Gasteiger partial charge in [-0.1, -0.05) is 0 Å². The Morgan fingerprint density at radius 2 is 2.21 bits per heavy atom. The Kier molecular flexibility index (Phi) is 5.37. The van der Waals surface area contributed by atoms with E-state index in [2.05, 4.69) is 20.6 Å². The van der Waals surface area contributed by atoms with Gasteiger partial charge in [0.1, 0.15) is 0 Å². The summed E-state index contributed by atoms with van der Waals surface area (Å²) in [4.78, 5) is 14.6. The van der Waals surface area contributed by atoms with Gasteiger partial charge in [-0.05, 0) is 19.8 Å². The summed E-state index contributed by atoms with van der Waals surface area (Å²) in [6.07, 6.45) is 5.60.